The van der Waals surface area contributed by atoms with E-state index in [1.54, 1.807) is 0 Å². The number of ether oxygens (including phenoxy) is 2. The second kappa shape index (κ2) is 7.28. The minimum atomic E-state index is 0.0805. The van der Waals surface area contributed by atoms with Gasteiger partial charge in [0.1, 0.15) is 12.4 Å². The molecule has 5 atom stereocenters. The summed E-state index contributed by atoms with van der Waals surface area (Å²) in [5.74, 6) is 3.24. The van der Waals surface area contributed by atoms with Gasteiger partial charge in [0.15, 0.2) is 0 Å². The zero-order valence-corrected chi connectivity index (χ0v) is 15.9. The molecule has 0 aromatic heterocycles. The average Bonchev–Trinajstić information content (AvgIpc) is 2.65. The molecule has 1 saturated heterocycles. The molecule has 1 fully saturated rings. The molecule has 0 spiro atoms. The van der Waals surface area contributed by atoms with Gasteiger partial charge < -0.3 is 9.47 Å². The van der Waals surface area contributed by atoms with Gasteiger partial charge in [0, 0.05) is 11.5 Å². The van der Waals surface area contributed by atoms with Crippen LogP contribution in [0.15, 0.2) is 66.2 Å². The summed E-state index contributed by atoms with van der Waals surface area (Å²) in [6.07, 6.45) is 2.54. The third-order valence-corrected chi connectivity index (χ3v) is 6.23. The quantitative estimate of drug-likeness (QED) is 0.650. The Morgan fingerprint density at radius 2 is 1.73 bits per heavy atom. The van der Waals surface area contributed by atoms with Crippen molar-refractivity contribution < 1.29 is 9.47 Å². The summed E-state index contributed by atoms with van der Waals surface area (Å²) in [7, 11) is 0. The molecule has 2 heteroatoms. The van der Waals surface area contributed by atoms with Crippen molar-refractivity contribution in [1.82, 2.24) is 0 Å². The van der Waals surface area contributed by atoms with E-state index in [0.717, 1.165) is 12.4 Å². The lowest BCUT2D eigenvalue weighted by molar-refractivity contribution is -0.0942. The van der Waals surface area contributed by atoms with Crippen molar-refractivity contribution >= 4 is 0 Å². The van der Waals surface area contributed by atoms with Crippen molar-refractivity contribution in [3.05, 3.63) is 77.4 Å². The average molecular weight is 348 g/mol. The highest BCUT2D eigenvalue weighted by atomic mass is 16.5. The second-order valence-corrected chi connectivity index (χ2v) is 7.88. The van der Waals surface area contributed by atoms with E-state index < -0.39 is 0 Å². The zero-order chi connectivity index (χ0) is 18.1. The number of hydrogen-bond acceptors (Lipinski definition) is 2. The van der Waals surface area contributed by atoms with E-state index in [4.69, 9.17) is 9.47 Å². The van der Waals surface area contributed by atoms with E-state index in [2.05, 4.69) is 57.2 Å². The highest BCUT2D eigenvalue weighted by Gasteiger charge is 2.44. The highest BCUT2D eigenvalue weighted by molar-refractivity contribution is 5.38. The van der Waals surface area contributed by atoms with Gasteiger partial charge in [-0.2, -0.15) is 0 Å². The van der Waals surface area contributed by atoms with Crippen LogP contribution in [0.4, 0.5) is 0 Å². The summed E-state index contributed by atoms with van der Waals surface area (Å²) in [6.45, 7) is 8.40. The molecule has 1 aliphatic heterocycles. The van der Waals surface area contributed by atoms with E-state index in [-0.39, 0.29) is 6.10 Å². The molecule has 136 valence electrons. The largest absolute Gasteiger partial charge is 0.489 e. The predicted octanol–water partition coefficient (Wildman–Crippen LogP) is 5.80. The number of benzene rings is 2. The van der Waals surface area contributed by atoms with Gasteiger partial charge in [-0.1, -0.05) is 74.0 Å². The summed E-state index contributed by atoms with van der Waals surface area (Å²) < 4.78 is 12.6. The van der Waals surface area contributed by atoms with Crippen LogP contribution in [0, 0.1) is 23.7 Å². The summed E-state index contributed by atoms with van der Waals surface area (Å²) in [5.41, 5.74) is 3.83. The first kappa shape index (κ1) is 17.4. The molecular weight excluding hydrogens is 320 g/mol. The Hall–Kier alpha value is -2.06. The molecule has 0 radical (unpaired) electrons. The van der Waals surface area contributed by atoms with Crippen molar-refractivity contribution in [3.8, 4) is 5.75 Å². The fraction of sp³-hybridized carbons (Fsp3) is 0.417. The van der Waals surface area contributed by atoms with Crippen LogP contribution in [0.5, 0.6) is 5.75 Å². The van der Waals surface area contributed by atoms with Crippen LogP contribution in [-0.2, 0) is 11.3 Å². The summed E-state index contributed by atoms with van der Waals surface area (Å²) in [6, 6.07) is 18.7. The summed E-state index contributed by atoms with van der Waals surface area (Å²) >= 11 is 0. The number of fused-ring (bicyclic) bond motifs is 2. The van der Waals surface area contributed by atoms with Gasteiger partial charge in [0.25, 0.3) is 0 Å². The van der Waals surface area contributed by atoms with E-state index >= 15 is 0 Å². The van der Waals surface area contributed by atoms with E-state index in [0.29, 0.717) is 30.3 Å². The fourth-order valence-corrected chi connectivity index (χ4v) is 4.81. The first-order valence-electron chi connectivity index (χ1n) is 9.70. The molecule has 2 nitrogen and oxygen atoms in total. The second-order valence-electron chi connectivity index (χ2n) is 7.88. The van der Waals surface area contributed by atoms with Crippen LogP contribution < -0.4 is 4.74 Å². The van der Waals surface area contributed by atoms with Crippen molar-refractivity contribution in [3.63, 3.8) is 0 Å². The molecule has 0 amide bonds. The molecular formula is C24H28O2. The molecule has 1 heterocycles. The summed E-state index contributed by atoms with van der Waals surface area (Å²) in [5, 5.41) is 0. The molecule has 4 rings (SSSR count). The fourth-order valence-electron chi connectivity index (χ4n) is 4.81. The lowest BCUT2D eigenvalue weighted by Crippen LogP contribution is -2.42. The maximum absolute atomic E-state index is 6.41. The minimum absolute atomic E-state index is 0.0805. The molecule has 2 aromatic rings. The van der Waals surface area contributed by atoms with Gasteiger partial charge in [-0.05, 0) is 36.3 Å². The number of para-hydroxylation sites is 1. The molecule has 0 saturated carbocycles. The normalized spacial score (nSPS) is 30.6. The topological polar surface area (TPSA) is 18.5 Å². The predicted molar refractivity (Wildman–Crippen MR) is 105 cm³/mol. The summed E-state index contributed by atoms with van der Waals surface area (Å²) in [4.78, 5) is 0. The van der Waals surface area contributed by atoms with Gasteiger partial charge in [-0.3, -0.25) is 0 Å². The molecule has 26 heavy (non-hydrogen) atoms. The maximum atomic E-state index is 6.41. The van der Waals surface area contributed by atoms with Gasteiger partial charge in [-0.15, -0.1) is 0 Å². The van der Waals surface area contributed by atoms with Gasteiger partial charge >= 0.3 is 0 Å². The third kappa shape index (κ3) is 3.19. The van der Waals surface area contributed by atoms with E-state index in [1.807, 2.05) is 24.3 Å². The first-order chi connectivity index (χ1) is 12.6. The Labute approximate surface area is 156 Å². The van der Waals surface area contributed by atoms with Gasteiger partial charge in [0.05, 0.1) is 12.7 Å². The van der Waals surface area contributed by atoms with Crippen molar-refractivity contribution in [1.29, 1.82) is 0 Å². The van der Waals surface area contributed by atoms with Crippen LogP contribution in [0.25, 0.3) is 0 Å². The zero-order valence-electron chi connectivity index (χ0n) is 15.9. The smallest absolute Gasteiger partial charge is 0.125 e. The Bertz CT molecular complexity index is 780. The standard InChI is InChI=1S/C24H28O2/c1-16-13-17(2)23-18(3)21(16)15-26-24(23)20-11-7-8-12-22(20)25-14-19-9-5-4-6-10-19/h4-13,16,18,21,23-24H,14-15H2,1-3H3/t16-,18-,21-,23-,24+/m0/s1. The molecule has 2 aromatic carbocycles. The molecule has 1 aliphatic carbocycles. The van der Waals surface area contributed by atoms with Crippen LogP contribution in [0.3, 0.4) is 0 Å². The maximum Gasteiger partial charge on any atom is 0.125 e. The van der Waals surface area contributed by atoms with Crippen molar-refractivity contribution in [2.24, 2.45) is 23.7 Å². The third-order valence-electron chi connectivity index (χ3n) is 6.23. The lowest BCUT2D eigenvalue weighted by atomic mass is 9.64. The Morgan fingerprint density at radius 1 is 1.00 bits per heavy atom. The lowest BCUT2D eigenvalue weighted by Gasteiger charge is -2.47. The van der Waals surface area contributed by atoms with Crippen LogP contribution in [0.2, 0.25) is 0 Å². The van der Waals surface area contributed by atoms with E-state index in [1.165, 1.54) is 16.7 Å². The molecule has 2 bridgehead atoms. The molecule has 2 aliphatic rings. The van der Waals surface area contributed by atoms with Crippen LogP contribution in [0.1, 0.15) is 38.0 Å². The Balaban J connectivity index is 1.61. The Morgan fingerprint density at radius 3 is 2.54 bits per heavy atom. The number of hydrogen-bond donors (Lipinski definition) is 0. The van der Waals surface area contributed by atoms with Crippen molar-refractivity contribution in [2.75, 3.05) is 6.61 Å². The van der Waals surface area contributed by atoms with Gasteiger partial charge in [0.2, 0.25) is 0 Å². The first-order valence-corrected chi connectivity index (χ1v) is 9.70. The van der Waals surface area contributed by atoms with E-state index in [9.17, 15) is 0 Å². The van der Waals surface area contributed by atoms with Crippen LogP contribution >= 0.6 is 0 Å². The van der Waals surface area contributed by atoms with Crippen molar-refractivity contribution in [2.45, 2.75) is 33.5 Å². The Kier molecular flexibility index (Phi) is 4.86. The van der Waals surface area contributed by atoms with Gasteiger partial charge in [-0.25, -0.2) is 0 Å². The SMILES string of the molecule is CC1=C[C@H](C)[C@@H]2CO[C@H](c3ccccc3OCc3ccccc3)[C@@H]1[C@H]2C. The van der Waals surface area contributed by atoms with Crippen LogP contribution in [-0.4, -0.2) is 6.61 Å². The number of allylic oxidation sites excluding steroid dienone is 1. The highest BCUT2D eigenvalue weighted by Crippen LogP contribution is 2.51. The molecule has 0 N–H and O–H groups in total. The monoisotopic (exact) mass is 348 g/mol. The minimum Gasteiger partial charge on any atom is -0.489 e. The molecule has 0 unspecified atom stereocenters. The number of rotatable bonds is 4.